The van der Waals surface area contributed by atoms with Crippen LogP contribution in [0.4, 0.5) is 0 Å². The second-order valence-electron chi connectivity index (χ2n) is 4.54. The van der Waals surface area contributed by atoms with E-state index in [1.165, 1.54) is 19.3 Å². The van der Waals surface area contributed by atoms with Crippen LogP contribution in [0.1, 0.15) is 32.6 Å². The van der Waals surface area contributed by atoms with Crippen molar-refractivity contribution >= 4 is 11.6 Å². The Morgan fingerprint density at radius 1 is 0.950 bits per heavy atom. The smallest absolute Gasteiger partial charge is 0.222 e. The topological polar surface area (TPSA) is 47.9 Å². The first kappa shape index (κ1) is 14.7. The lowest BCUT2D eigenvalue weighted by Crippen LogP contribution is -1.99. The predicted molar refractivity (Wildman–Crippen MR) is 79.9 cm³/mol. The maximum absolute atomic E-state index is 5.66. The van der Waals surface area contributed by atoms with Gasteiger partial charge in [-0.15, -0.1) is 0 Å². The van der Waals surface area contributed by atoms with Crippen LogP contribution in [0, 0.1) is 0 Å². The van der Waals surface area contributed by atoms with Crippen molar-refractivity contribution in [2.45, 2.75) is 32.6 Å². The molecule has 0 aromatic carbocycles. The first-order valence-corrected chi connectivity index (χ1v) is 7.24. The highest BCUT2D eigenvalue weighted by Gasteiger charge is 2.01. The Kier molecular flexibility index (Phi) is 5.74. The van der Waals surface area contributed by atoms with E-state index in [0.717, 1.165) is 24.2 Å². The van der Waals surface area contributed by atoms with E-state index in [2.05, 4.69) is 21.9 Å². The summed E-state index contributed by atoms with van der Waals surface area (Å²) in [6, 6.07) is 3.81. The molecule has 5 heteroatoms. The molecule has 2 aromatic rings. The zero-order valence-electron chi connectivity index (χ0n) is 11.6. The third-order valence-corrected chi connectivity index (χ3v) is 3.13. The van der Waals surface area contributed by atoms with E-state index in [1.54, 1.807) is 18.6 Å². The third kappa shape index (κ3) is 4.46. The molecule has 0 saturated carbocycles. The van der Waals surface area contributed by atoms with E-state index in [-0.39, 0.29) is 5.28 Å². The summed E-state index contributed by atoms with van der Waals surface area (Å²) in [7, 11) is 0. The van der Waals surface area contributed by atoms with Crippen molar-refractivity contribution in [2.75, 3.05) is 6.61 Å². The molecule has 2 aromatic heterocycles. The molecule has 4 nitrogen and oxygen atoms in total. The zero-order chi connectivity index (χ0) is 14.2. The molecule has 0 atom stereocenters. The van der Waals surface area contributed by atoms with Gasteiger partial charge in [-0.2, -0.15) is 0 Å². The Balaban J connectivity index is 1.88. The molecule has 0 bridgehead atoms. The van der Waals surface area contributed by atoms with Crippen molar-refractivity contribution in [1.29, 1.82) is 0 Å². The van der Waals surface area contributed by atoms with Crippen LogP contribution >= 0.6 is 11.6 Å². The summed E-state index contributed by atoms with van der Waals surface area (Å²) in [6.45, 7) is 2.91. The van der Waals surface area contributed by atoms with E-state index < -0.39 is 0 Å². The fourth-order valence-electron chi connectivity index (χ4n) is 1.80. The highest BCUT2D eigenvalue weighted by molar-refractivity contribution is 6.28. The number of pyridine rings is 1. The molecule has 0 fully saturated rings. The van der Waals surface area contributed by atoms with E-state index in [0.29, 0.717) is 5.88 Å². The maximum Gasteiger partial charge on any atom is 0.222 e. The van der Waals surface area contributed by atoms with Crippen LogP contribution in [0.15, 0.2) is 30.7 Å². The molecule has 2 rings (SSSR count). The van der Waals surface area contributed by atoms with Crippen molar-refractivity contribution in [1.82, 2.24) is 15.0 Å². The lowest BCUT2D eigenvalue weighted by Gasteiger charge is -2.06. The number of hydrogen-bond acceptors (Lipinski definition) is 4. The lowest BCUT2D eigenvalue weighted by atomic mass is 10.1. The van der Waals surface area contributed by atoms with Crippen molar-refractivity contribution < 1.29 is 4.74 Å². The summed E-state index contributed by atoms with van der Waals surface area (Å²) in [4.78, 5) is 12.2. The fraction of sp³-hybridized carbons (Fsp3) is 0.400. The van der Waals surface area contributed by atoms with Crippen molar-refractivity contribution in [2.24, 2.45) is 0 Å². The Bertz CT molecular complexity index is 514. The SMILES string of the molecule is CCCCCCOc1ccc(-c2cnc(Cl)nc2)cn1. The van der Waals surface area contributed by atoms with Gasteiger partial charge in [0.15, 0.2) is 0 Å². The van der Waals surface area contributed by atoms with Gasteiger partial charge >= 0.3 is 0 Å². The average molecular weight is 292 g/mol. The quantitative estimate of drug-likeness (QED) is 0.568. The van der Waals surface area contributed by atoms with Crippen LogP contribution in [0.25, 0.3) is 11.1 Å². The van der Waals surface area contributed by atoms with Crippen LogP contribution in [0.5, 0.6) is 5.88 Å². The summed E-state index contributed by atoms with van der Waals surface area (Å²) in [5.41, 5.74) is 1.83. The Morgan fingerprint density at radius 3 is 2.35 bits per heavy atom. The number of ether oxygens (including phenoxy) is 1. The van der Waals surface area contributed by atoms with Gasteiger partial charge in [0.05, 0.1) is 6.61 Å². The molecule has 0 spiro atoms. The number of halogens is 1. The maximum atomic E-state index is 5.66. The number of aromatic nitrogens is 3. The summed E-state index contributed by atoms with van der Waals surface area (Å²) in [6.07, 6.45) is 9.88. The van der Waals surface area contributed by atoms with Gasteiger partial charge in [0, 0.05) is 35.8 Å². The minimum atomic E-state index is 0.244. The molecule has 0 aliphatic heterocycles. The van der Waals surface area contributed by atoms with E-state index in [9.17, 15) is 0 Å². The molecule has 2 heterocycles. The second-order valence-corrected chi connectivity index (χ2v) is 4.87. The van der Waals surface area contributed by atoms with Crippen LogP contribution in [0.2, 0.25) is 5.28 Å². The second kappa shape index (κ2) is 7.80. The predicted octanol–water partition coefficient (Wildman–Crippen LogP) is 4.15. The summed E-state index contributed by atoms with van der Waals surface area (Å²) >= 11 is 5.66. The summed E-state index contributed by atoms with van der Waals surface area (Å²) < 4.78 is 5.60. The van der Waals surface area contributed by atoms with E-state index in [1.807, 2.05) is 12.1 Å². The summed E-state index contributed by atoms with van der Waals surface area (Å²) in [5.74, 6) is 0.653. The molecule has 20 heavy (non-hydrogen) atoms. The molecule has 0 amide bonds. The molecule has 0 saturated heterocycles. The zero-order valence-corrected chi connectivity index (χ0v) is 12.3. The van der Waals surface area contributed by atoms with Crippen LogP contribution in [-0.4, -0.2) is 21.6 Å². The normalized spacial score (nSPS) is 10.5. The molecular weight excluding hydrogens is 274 g/mol. The van der Waals surface area contributed by atoms with Gasteiger partial charge in [0.1, 0.15) is 0 Å². The highest BCUT2D eigenvalue weighted by atomic mass is 35.5. The van der Waals surface area contributed by atoms with Crippen molar-refractivity contribution in [3.8, 4) is 17.0 Å². The Hall–Kier alpha value is -1.68. The van der Waals surface area contributed by atoms with Crippen LogP contribution in [0.3, 0.4) is 0 Å². The number of rotatable bonds is 7. The van der Waals surface area contributed by atoms with Gasteiger partial charge in [-0.05, 0) is 24.1 Å². The standard InChI is InChI=1S/C15H18ClN3O/c1-2-3-4-5-8-20-14-7-6-12(9-17-14)13-10-18-15(16)19-11-13/h6-7,9-11H,2-5,8H2,1H3. The molecule has 0 aliphatic rings. The minimum absolute atomic E-state index is 0.244. The van der Waals surface area contributed by atoms with E-state index in [4.69, 9.17) is 16.3 Å². The van der Waals surface area contributed by atoms with Gasteiger partial charge in [0.25, 0.3) is 0 Å². The van der Waals surface area contributed by atoms with Gasteiger partial charge in [0.2, 0.25) is 11.2 Å². The van der Waals surface area contributed by atoms with Gasteiger partial charge < -0.3 is 4.74 Å². The van der Waals surface area contributed by atoms with Crippen molar-refractivity contribution in [3.05, 3.63) is 36.0 Å². The molecule has 0 radical (unpaired) electrons. The minimum Gasteiger partial charge on any atom is -0.478 e. The third-order valence-electron chi connectivity index (χ3n) is 2.94. The first-order valence-electron chi connectivity index (χ1n) is 6.86. The largest absolute Gasteiger partial charge is 0.478 e. The highest BCUT2D eigenvalue weighted by Crippen LogP contribution is 2.19. The number of unbranched alkanes of at least 4 members (excludes halogenated alkanes) is 3. The van der Waals surface area contributed by atoms with Crippen molar-refractivity contribution in [3.63, 3.8) is 0 Å². The fourth-order valence-corrected chi connectivity index (χ4v) is 1.90. The Morgan fingerprint density at radius 2 is 1.70 bits per heavy atom. The average Bonchev–Trinajstić information content (AvgIpc) is 2.49. The molecule has 0 unspecified atom stereocenters. The molecule has 106 valence electrons. The molecule has 0 N–H and O–H groups in total. The molecule has 0 aliphatic carbocycles. The van der Waals surface area contributed by atoms with Crippen LogP contribution in [-0.2, 0) is 0 Å². The van der Waals surface area contributed by atoms with Gasteiger partial charge in [-0.1, -0.05) is 26.2 Å². The summed E-state index contributed by atoms with van der Waals surface area (Å²) in [5, 5.41) is 0.244. The van der Waals surface area contributed by atoms with E-state index >= 15 is 0 Å². The number of nitrogens with zero attached hydrogens (tertiary/aromatic N) is 3. The number of hydrogen-bond donors (Lipinski definition) is 0. The monoisotopic (exact) mass is 291 g/mol. The lowest BCUT2D eigenvalue weighted by molar-refractivity contribution is 0.294. The van der Waals surface area contributed by atoms with Gasteiger partial charge in [-0.25, -0.2) is 15.0 Å². The Labute approximate surface area is 124 Å². The van der Waals surface area contributed by atoms with Crippen LogP contribution < -0.4 is 4.74 Å². The molecular formula is C15H18ClN3O. The van der Waals surface area contributed by atoms with Gasteiger partial charge in [-0.3, -0.25) is 0 Å². The first-order chi connectivity index (χ1) is 9.79.